The van der Waals surface area contributed by atoms with Crippen molar-refractivity contribution in [1.29, 1.82) is 0 Å². The Morgan fingerprint density at radius 2 is 2.32 bits per heavy atom. The molecule has 0 aliphatic heterocycles. The summed E-state index contributed by atoms with van der Waals surface area (Å²) in [6.45, 7) is 3.23. The van der Waals surface area contributed by atoms with Crippen molar-refractivity contribution < 1.29 is 9.52 Å². The molecule has 0 saturated heterocycles. The van der Waals surface area contributed by atoms with Gasteiger partial charge in [-0.2, -0.15) is 5.10 Å². The molecule has 5 heteroatoms. The summed E-state index contributed by atoms with van der Waals surface area (Å²) < 4.78 is 5.60. The second kappa shape index (κ2) is 4.83. The average Bonchev–Trinajstić information content (AvgIpc) is 2.95. The largest absolute Gasteiger partial charge is 0.460 e. The zero-order valence-corrected chi connectivity index (χ0v) is 11.1. The second-order valence-corrected chi connectivity index (χ2v) is 5.36. The fourth-order valence-corrected chi connectivity index (χ4v) is 2.42. The summed E-state index contributed by atoms with van der Waals surface area (Å²) in [5, 5.41) is 20.4. The number of hydrogen-bond acceptors (Lipinski definition) is 4. The van der Waals surface area contributed by atoms with E-state index < -0.39 is 5.60 Å². The number of hydrogen-bond donors (Lipinski definition) is 3. The molecule has 0 spiro atoms. The summed E-state index contributed by atoms with van der Waals surface area (Å²) >= 11 is 0. The first kappa shape index (κ1) is 12.4. The van der Waals surface area contributed by atoms with E-state index in [2.05, 4.69) is 15.5 Å². The fourth-order valence-electron chi connectivity index (χ4n) is 2.42. The van der Waals surface area contributed by atoms with Crippen LogP contribution in [-0.4, -0.2) is 27.4 Å². The number of aliphatic hydroxyl groups is 1. The van der Waals surface area contributed by atoms with Gasteiger partial charge in [0.2, 0.25) is 0 Å². The molecular weight excluding hydrogens is 242 g/mol. The number of nitrogens with one attached hydrogen (secondary N) is 2. The molecule has 19 heavy (non-hydrogen) atoms. The molecule has 102 valence electrons. The Bertz CT molecular complexity index is 555. The highest BCUT2D eigenvalue weighted by molar-refractivity contribution is 5.56. The Hall–Kier alpha value is -1.59. The van der Waals surface area contributed by atoms with Crippen LogP contribution in [0.25, 0.3) is 11.5 Å². The zero-order chi connectivity index (χ0) is 13.3. The first-order valence-electron chi connectivity index (χ1n) is 6.68. The van der Waals surface area contributed by atoms with E-state index in [4.69, 9.17) is 4.42 Å². The molecule has 5 nitrogen and oxygen atoms in total. The Morgan fingerprint density at radius 3 is 2.95 bits per heavy atom. The Labute approximate surface area is 112 Å². The molecule has 1 aliphatic carbocycles. The maximum Gasteiger partial charge on any atom is 0.152 e. The minimum atomic E-state index is -0.495. The van der Waals surface area contributed by atoms with E-state index in [1.54, 1.807) is 6.20 Å². The van der Waals surface area contributed by atoms with E-state index in [9.17, 15) is 5.11 Å². The van der Waals surface area contributed by atoms with Gasteiger partial charge in [0.1, 0.15) is 11.5 Å². The molecule has 0 radical (unpaired) electrons. The lowest BCUT2D eigenvalue weighted by Crippen LogP contribution is -2.45. The Morgan fingerprint density at radius 1 is 1.47 bits per heavy atom. The monoisotopic (exact) mass is 261 g/mol. The van der Waals surface area contributed by atoms with Gasteiger partial charge >= 0.3 is 0 Å². The molecule has 3 rings (SSSR count). The van der Waals surface area contributed by atoms with E-state index in [1.807, 2.05) is 19.1 Å². The van der Waals surface area contributed by atoms with Gasteiger partial charge in [-0.25, -0.2) is 0 Å². The summed E-state index contributed by atoms with van der Waals surface area (Å²) in [4.78, 5) is 0. The molecule has 0 unspecified atom stereocenters. The van der Waals surface area contributed by atoms with Crippen molar-refractivity contribution in [2.24, 2.45) is 0 Å². The summed E-state index contributed by atoms with van der Waals surface area (Å²) in [5.74, 6) is 1.68. The third-order valence-electron chi connectivity index (χ3n) is 3.76. The standard InChI is InChI=1S/C14H19N3O2/c1-10-3-4-12(19-10)13-11(8-16-17-13)7-15-9-14(18)5-2-6-14/h3-4,8,15,18H,2,5-7,9H2,1H3,(H,16,17). The van der Waals surface area contributed by atoms with Gasteiger partial charge in [-0.15, -0.1) is 0 Å². The third-order valence-corrected chi connectivity index (χ3v) is 3.76. The van der Waals surface area contributed by atoms with Gasteiger partial charge in [0.05, 0.1) is 11.8 Å². The van der Waals surface area contributed by atoms with Crippen LogP contribution in [0, 0.1) is 6.92 Å². The number of aryl methyl sites for hydroxylation is 1. The summed E-state index contributed by atoms with van der Waals surface area (Å²) in [6, 6.07) is 3.87. The summed E-state index contributed by atoms with van der Waals surface area (Å²) in [7, 11) is 0. The van der Waals surface area contributed by atoms with Crippen LogP contribution < -0.4 is 5.32 Å². The molecule has 2 heterocycles. The SMILES string of the molecule is Cc1ccc(-c2[nH]ncc2CNCC2(O)CCC2)o1. The molecule has 2 aromatic rings. The molecule has 2 aromatic heterocycles. The van der Waals surface area contributed by atoms with Gasteiger partial charge in [-0.1, -0.05) is 0 Å². The van der Waals surface area contributed by atoms with Crippen LogP contribution in [-0.2, 0) is 6.54 Å². The molecule has 0 bridgehead atoms. The molecule has 3 N–H and O–H groups in total. The average molecular weight is 261 g/mol. The number of aromatic amines is 1. The molecule has 0 atom stereocenters. The van der Waals surface area contributed by atoms with Crippen LogP contribution in [0.4, 0.5) is 0 Å². The number of nitrogens with zero attached hydrogens (tertiary/aromatic N) is 1. The predicted octanol–water partition coefficient (Wildman–Crippen LogP) is 1.98. The van der Waals surface area contributed by atoms with Crippen LogP contribution >= 0.6 is 0 Å². The van der Waals surface area contributed by atoms with Gasteiger partial charge in [-0.05, 0) is 38.3 Å². The van der Waals surface area contributed by atoms with E-state index in [1.165, 1.54) is 0 Å². The van der Waals surface area contributed by atoms with Gasteiger partial charge in [0, 0.05) is 18.7 Å². The molecule has 1 saturated carbocycles. The Kier molecular flexibility index (Phi) is 3.16. The van der Waals surface area contributed by atoms with Crippen molar-refractivity contribution in [3.05, 3.63) is 29.7 Å². The number of H-pyrrole nitrogens is 1. The van der Waals surface area contributed by atoms with E-state index in [0.717, 1.165) is 42.0 Å². The first-order valence-corrected chi connectivity index (χ1v) is 6.68. The molecular formula is C14H19N3O2. The minimum Gasteiger partial charge on any atom is -0.460 e. The number of rotatable bonds is 5. The quantitative estimate of drug-likeness (QED) is 0.769. The Balaban J connectivity index is 1.64. The van der Waals surface area contributed by atoms with E-state index in [-0.39, 0.29) is 0 Å². The minimum absolute atomic E-state index is 0.495. The fraction of sp³-hybridized carbons (Fsp3) is 0.500. The molecule has 0 aromatic carbocycles. The highest BCUT2D eigenvalue weighted by Gasteiger charge is 2.33. The van der Waals surface area contributed by atoms with Gasteiger partial charge in [-0.3, -0.25) is 5.10 Å². The highest BCUT2D eigenvalue weighted by Crippen LogP contribution is 2.31. The summed E-state index contributed by atoms with van der Waals surface area (Å²) in [5.41, 5.74) is 1.46. The smallest absolute Gasteiger partial charge is 0.152 e. The van der Waals surface area contributed by atoms with Crippen LogP contribution in [0.2, 0.25) is 0 Å². The first-order chi connectivity index (χ1) is 9.16. The maximum atomic E-state index is 10.0. The van der Waals surface area contributed by atoms with Crippen LogP contribution in [0.3, 0.4) is 0 Å². The van der Waals surface area contributed by atoms with Crippen molar-refractivity contribution in [3.63, 3.8) is 0 Å². The van der Waals surface area contributed by atoms with Crippen LogP contribution in [0.1, 0.15) is 30.6 Å². The summed E-state index contributed by atoms with van der Waals surface area (Å²) in [6.07, 6.45) is 4.72. The van der Waals surface area contributed by atoms with Crippen molar-refractivity contribution in [3.8, 4) is 11.5 Å². The van der Waals surface area contributed by atoms with Crippen molar-refractivity contribution in [1.82, 2.24) is 15.5 Å². The van der Waals surface area contributed by atoms with Crippen molar-refractivity contribution in [2.45, 2.75) is 38.3 Å². The topological polar surface area (TPSA) is 74.1 Å². The maximum absolute atomic E-state index is 10.0. The predicted molar refractivity (Wildman–Crippen MR) is 71.5 cm³/mol. The molecule has 1 fully saturated rings. The lowest BCUT2D eigenvalue weighted by Gasteiger charge is -2.36. The molecule has 0 amide bonds. The lowest BCUT2D eigenvalue weighted by atomic mass is 9.80. The van der Waals surface area contributed by atoms with Crippen LogP contribution in [0.15, 0.2) is 22.7 Å². The molecule has 1 aliphatic rings. The number of furan rings is 1. The van der Waals surface area contributed by atoms with Gasteiger partial charge < -0.3 is 14.8 Å². The van der Waals surface area contributed by atoms with Crippen LogP contribution in [0.5, 0.6) is 0 Å². The van der Waals surface area contributed by atoms with E-state index >= 15 is 0 Å². The second-order valence-electron chi connectivity index (χ2n) is 5.36. The highest BCUT2D eigenvalue weighted by atomic mass is 16.3. The van der Waals surface area contributed by atoms with E-state index in [0.29, 0.717) is 13.1 Å². The zero-order valence-electron chi connectivity index (χ0n) is 11.1. The van der Waals surface area contributed by atoms with Crippen molar-refractivity contribution >= 4 is 0 Å². The van der Waals surface area contributed by atoms with Crippen molar-refractivity contribution in [2.75, 3.05) is 6.54 Å². The van der Waals surface area contributed by atoms with Gasteiger partial charge in [0.25, 0.3) is 0 Å². The third kappa shape index (κ3) is 2.57. The normalized spacial score (nSPS) is 17.4. The van der Waals surface area contributed by atoms with Gasteiger partial charge in [0.15, 0.2) is 5.76 Å². The lowest BCUT2D eigenvalue weighted by molar-refractivity contribution is -0.0314. The number of aromatic nitrogens is 2.